The number of halogens is 1. The minimum Gasteiger partial charge on any atom is -0.478 e. The van der Waals surface area contributed by atoms with E-state index < -0.39 is 11.9 Å². The van der Waals surface area contributed by atoms with Crippen LogP contribution in [0.3, 0.4) is 0 Å². The first-order chi connectivity index (χ1) is 10.0. The average molecular weight is 303 g/mol. The number of hydrogen-bond donors (Lipinski definition) is 2. The summed E-state index contributed by atoms with van der Waals surface area (Å²) in [6.45, 7) is 0. The third-order valence-corrected chi connectivity index (χ3v) is 3.23. The maximum absolute atomic E-state index is 11.5. The normalized spacial score (nSPS) is 11.2. The zero-order valence-electron chi connectivity index (χ0n) is 10.8. The monoisotopic (exact) mass is 302 g/mol. The van der Waals surface area contributed by atoms with Crippen LogP contribution in [0.1, 0.15) is 21.5 Å². The number of rotatable bonds is 4. The first-order valence-electron chi connectivity index (χ1n) is 6.03. The van der Waals surface area contributed by atoms with Crippen molar-refractivity contribution in [2.24, 2.45) is 0 Å². The van der Waals surface area contributed by atoms with Crippen LogP contribution in [0, 0.1) is 0 Å². The quantitative estimate of drug-likeness (QED) is 0.667. The summed E-state index contributed by atoms with van der Waals surface area (Å²) >= 11 is 6.01. The van der Waals surface area contributed by atoms with Crippen molar-refractivity contribution >= 4 is 35.2 Å². The predicted molar refractivity (Wildman–Crippen MR) is 80.4 cm³/mol. The highest BCUT2D eigenvalue weighted by molar-refractivity contribution is 6.33. The summed E-state index contributed by atoms with van der Waals surface area (Å²) in [4.78, 5) is 22.7. The smallest absolute Gasteiger partial charge is 0.336 e. The molecule has 0 bridgehead atoms. The molecular weight excluding hydrogens is 292 g/mol. The lowest BCUT2D eigenvalue weighted by Gasteiger charge is -2.07. The zero-order valence-corrected chi connectivity index (χ0v) is 11.5. The molecule has 2 aromatic rings. The molecule has 0 radical (unpaired) electrons. The number of benzene rings is 2. The Morgan fingerprint density at radius 1 is 0.905 bits per heavy atom. The first kappa shape index (κ1) is 14.8. The van der Waals surface area contributed by atoms with Crippen LogP contribution >= 0.6 is 11.6 Å². The van der Waals surface area contributed by atoms with E-state index in [2.05, 4.69) is 0 Å². The highest BCUT2D eigenvalue weighted by Crippen LogP contribution is 2.25. The Bertz CT molecular complexity index is 735. The molecule has 0 atom stereocenters. The van der Waals surface area contributed by atoms with Crippen LogP contribution in [0.15, 0.2) is 48.5 Å². The molecule has 0 aromatic heterocycles. The third kappa shape index (κ3) is 3.30. The summed E-state index contributed by atoms with van der Waals surface area (Å²) in [5.74, 6) is -2.40. The van der Waals surface area contributed by atoms with Crippen LogP contribution in [0.25, 0.3) is 11.6 Å². The van der Waals surface area contributed by atoms with E-state index >= 15 is 0 Å². The van der Waals surface area contributed by atoms with Gasteiger partial charge in [0.1, 0.15) is 0 Å². The van der Waals surface area contributed by atoms with Gasteiger partial charge in [0.2, 0.25) is 0 Å². The molecule has 0 aliphatic rings. The van der Waals surface area contributed by atoms with Crippen molar-refractivity contribution in [3.8, 4) is 0 Å². The van der Waals surface area contributed by atoms with Crippen molar-refractivity contribution in [3.05, 3.63) is 70.2 Å². The molecule has 0 fully saturated rings. The molecule has 0 saturated carbocycles. The molecule has 4 nitrogen and oxygen atoms in total. The molecule has 0 aliphatic heterocycles. The minimum absolute atomic E-state index is 0.0711. The van der Waals surface area contributed by atoms with E-state index in [4.69, 9.17) is 11.6 Å². The summed E-state index contributed by atoms with van der Waals surface area (Å²) < 4.78 is 0. The van der Waals surface area contributed by atoms with Gasteiger partial charge in [0.15, 0.2) is 0 Å². The summed E-state index contributed by atoms with van der Waals surface area (Å²) in [6.07, 6.45) is 1.37. The molecule has 0 aliphatic carbocycles. The van der Waals surface area contributed by atoms with E-state index in [1.54, 1.807) is 36.4 Å². The molecule has 21 heavy (non-hydrogen) atoms. The molecule has 2 aromatic carbocycles. The standard InChI is InChI=1S/C16H11ClO4/c17-14-8-4-1-5-10(14)9-13(16(20)21)11-6-2-3-7-12(11)15(18)19/h1-9H,(H,18,19)(H,20,21)/b13-9+. The van der Waals surface area contributed by atoms with Crippen molar-refractivity contribution in [1.29, 1.82) is 0 Å². The van der Waals surface area contributed by atoms with Crippen molar-refractivity contribution < 1.29 is 19.8 Å². The second-order valence-corrected chi connectivity index (χ2v) is 4.64. The van der Waals surface area contributed by atoms with E-state index in [1.165, 1.54) is 18.2 Å². The maximum Gasteiger partial charge on any atom is 0.336 e. The molecule has 0 saturated heterocycles. The first-order valence-corrected chi connectivity index (χ1v) is 6.40. The van der Waals surface area contributed by atoms with E-state index in [-0.39, 0.29) is 16.7 Å². The number of carbonyl (C=O) groups is 2. The Balaban J connectivity index is 2.64. The number of carboxylic acids is 2. The minimum atomic E-state index is -1.22. The second-order valence-electron chi connectivity index (χ2n) is 4.24. The molecule has 2 rings (SSSR count). The maximum atomic E-state index is 11.5. The largest absolute Gasteiger partial charge is 0.478 e. The van der Waals surface area contributed by atoms with Gasteiger partial charge in [-0.1, -0.05) is 48.0 Å². The number of carboxylic acid groups (broad SMARTS) is 2. The number of aliphatic carboxylic acids is 1. The summed E-state index contributed by atoms with van der Waals surface area (Å²) in [7, 11) is 0. The summed E-state index contributed by atoms with van der Waals surface area (Å²) in [6, 6.07) is 12.7. The van der Waals surface area contributed by atoms with Crippen molar-refractivity contribution in [3.63, 3.8) is 0 Å². The predicted octanol–water partition coefficient (Wildman–Crippen LogP) is 3.66. The average Bonchev–Trinajstić information content (AvgIpc) is 2.46. The highest BCUT2D eigenvalue weighted by Gasteiger charge is 2.18. The van der Waals surface area contributed by atoms with Gasteiger partial charge in [0, 0.05) is 10.6 Å². The van der Waals surface area contributed by atoms with Gasteiger partial charge in [-0.15, -0.1) is 0 Å². The lowest BCUT2D eigenvalue weighted by molar-refractivity contribution is -0.130. The molecule has 0 heterocycles. The highest BCUT2D eigenvalue weighted by atomic mass is 35.5. The Kier molecular flexibility index (Phi) is 4.40. The molecule has 0 unspecified atom stereocenters. The fraction of sp³-hybridized carbons (Fsp3) is 0. The molecule has 106 valence electrons. The van der Waals surface area contributed by atoms with E-state index in [0.29, 0.717) is 10.6 Å². The zero-order chi connectivity index (χ0) is 15.4. The third-order valence-electron chi connectivity index (χ3n) is 2.88. The lowest BCUT2D eigenvalue weighted by atomic mass is 9.97. The van der Waals surface area contributed by atoms with E-state index in [9.17, 15) is 19.8 Å². The van der Waals surface area contributed by atoms with Crippen LogP contribution in [0.5, 0.6) is 0 Å². The van der Waals surface area contributed by atoms with Crippen molar-refractivity contribution in [2.75, 3.05) is 0 Å². The molecule has 0 amide bonds. The molecule has 0 spiro atoms. The Hall–Kier alpha value is -2.59. The van der Waals surface area contributed by atoms with Crippen LogP contribution in [0.4, 0.5) is 0 Å². The van der Waals surface area contributed by atoms with Gasteiger partial charge in [-0.2, -0.15) is 0 Å². The number of aromatic carboxylic acids is 1. The van der Waals surface area contributed by atoms with E-state index in [0.717, 1.165) is 0 Å². The van der Waals surface area contributed by atoms with Gasteiger partial charge in [-0.3, -0.25) is 0 Å². The molecular formula is C16H11ClO4. The van der Waals surface area contributed by atoms with Crippen LogP contribution in [0.2, 0.25) is 5.02 Å². The SMILES string of the molecule is O=C(O)/C(=C/c1ccccc1Cl)c1ccccc1C(=O)O. The molecule has 2 N–H and O–H groups in total. The molecule has 5 heteroatoms. The van der Waals surface area contributed by atoms with Gasteiger partial charge >= 0.3 is 11.9 Å². The Morgan fingerprint density at radius 3 is 2.05 bits per heavy atom. The van der Waals surface area contributed by atoms with Crippen molar-refractivity contribution in [1.82, 2.24) is 0 Å². The van der Waals surface area contributed by atoms with Crippen LogP contribution < -0.4 is 0 Å². The van der Waals surface area contributed by atoms with Crippen LogP contribution in [-0.2, 0) is 4.79 Å². The van der Waals surface area contributed by atoms with Gasteiger partial charge in [-0.25, -0.2) is 9.59 Å². The van der Waals surface area contributed by atoms with Gasteiger partial charge < -0.3 is 10.2 Å². The van der Waals surface area contributed by atoms with Gasteiger partial charge in [0.25, 0.3) is 0 Å². The fourth-order valence-electron chi connectivity index (χ4n) is 1.91. The number of hydrogen-bond acceptors (Lipinski definition) is 2. The summed E-state index contributed by atoms with van der Waals surface area (Å²) in [5.41, 5.74) is 0.452. The fourth-order valence-corrected chi connectivity index (χ4v) is 2.10. The Labute approximate surface area is 125 Å². The van der Waals surface area contributed by atoms with E-state index in [1.807, 2.05) is 0 Å². The second kappa shape index (κ2) is 6.24. The van der Waals surface area contributed by atoms with Gasteiger partial charge in [-0.05, 0) is 23.8 Å². The summed E-state index contributed by atoms with van der Waals surface area (Å²) in [5, 5.41) is 18.9. The van der Waals surface area contributed by atoms with Crippen LogP contribution in [-0.4, -0.2) is 22.2 Å². The van der Waals surface area contributed by atoms with Gasteiger partial charge in [0.05, 0.1) is 11.1 Å². The topological polar surface area (TPSA) is 74.6 Å². The van der Waals surface area contributed by atoms with Crippen molar-refractivity contribution in [2.45, 2.75) is 0 Å². The lowest BCUT2D eigenvalue weighted by Crippen LogP contribution is -2.07. The Morgan fingerprint density at radius 2 is 1.48 bits per heavy atom.